The van der Waals surface area contributed by atoms with Gasteiger partial charge in [0, 0.05) is 6.42 Å². The smallest absolute Gasteiger partial charge is 0.129 e. The minimum atomic E-state index is -1.14. The molecule has 0 heterocycles. The van der Waals surface area contributed by atoms with E-state index >= 15 is 0 Å². The van der Waals surface area contributed by atoms with Crippen molar-refractivity contribution in [3.63, 3.8) is 0 Å². The average molecular weight is 253 g/mol. The molecule has 92 valence electrons. The van der Waals surface area contributed by atoms with Gasteiger partial charge in [-0.1, -0.05) is 44.5 Å². The molecule has 0 aliphatic carbocycles. The first-order valence-electron chi connectivity index (χ1n) is 6.31. The maximum atomic E-state index is 4.22. The number of hydrogen-bond donors (Lipinski definition) is 0. The summed E-state index contributed by atoms with van der Waals surface area (Å²) in [5, 5.41) is 1.51. The molecule has 0 rings (SSSR count). The van der Waals surface area contributed by atoms with Gasteiger partial charge in [0.1, 0.15) is 8.07 Å². The highest BCUT2D eigenvalue weighted by Crippen LogP contribution is 2.18. The Morgan fingerprint density at radius 1 is 1.00 bits per heavy atom. The lowest BCUT2D eigenvalue weighted by Crippen LogP contribution is -2.23. The van der Waals surface area contributed by atoms with E-state index in [0.29, 0.717) is 0 Å². The molecule has 0 bridgehead atoms. The summed E-state index contributed by atoms with van der Waals surface area (Å²) in [5.41, 5.74) is 3.42. The molecule has 0 aliphatic heterocycles. The molecule has 16 heavy (non-hydrogen) atoms. The van der Waals surface area contributed by atoms with Gasteiger partial charge in [-0.25, -0.2) is 0 Å². The molecule has 0 nitrogen and oxygen atoms in total. The molecule has 2 heteroatoms. The molecule has 0 aromatic rings. The van der Waals surface area contributed by atoms with E-state index in [4.69, 9.17) is 0 Å². The van der Waals surface area contributed by atoms with E-state index in [1.54, 1.807) is 0 Å². The topological polar surface area (TPSA) is 0 Å². The highest BCUT2D eigenvalue weighted by molar-refractivity contribution is 6.84. The second-order valence-electron chi connectivity index (χ2n) is 6.61. The molecular weight excluding hydrogens is 224 g/mol. The molecule has 0 N–H and O–H groups in total. The Kier molecular flexibility index (Phi) is 6.36. The van der Waals surface area contributed by atoms with Crippen LogP contribution in [-0.2, 0) is 0 Å². The summed E-state index contributed by atoms with van der Waals surface area (Å²) in [6.07, 6.45) is 4.79. The van der Waals surface area contributed by atoms with Crippen molar-refractivity contribution in [1.29, 1.82) is 0 Å². The first-order chi connectivity index (χ1) is 7.13. The van der Waals surface area contributed by atoms with Crippen LogP contribution in [0.5, 0.6) is 0 Å². The minimum absolute atomic E-state index is 1.07. The fourth-order valence-corrected chi connectivity index (χ4v) is 2.84. The van der Waals surface area contributed by atoms with Gasteiger partial charge < -0.3 is 0 Å². The second kappa shape index (κ2) is 6.46. The van der Waals surface area contributed by atoms with Crippen molar-refractivity contribution in [3.8, 4) is 11.5 Å². The first kappa shape index (κ1) is 15.7. The van der Waals surface area contributed by atoms with E-state index in [9.17, 15) is 0 Å². The van der Waals surface area contributed by atoms with Crippen LogP contribution in [0, 0.1) is 11.5 Å². The lowest BCUT2D eigenvalue weighted by Gasteiger charge is -2.19. The van der Waals surface area contributed by atoms with Crippen LogP contribution in [0.15, 0.2) is 11.8 Å². The highest BCUT2D eigenvalue weighted by atomic mass is 28.3. The van der Waals surface area contributed by atoms with E-state index < -0.39 is 16.1 Å². The van der Waals surface area contributed by atoms with Crippen LogP contribution in [0.4, 0.5) is 0 Å². The molecular formula is C14H28Si2. The van der Waals surface area contributed by atoms with Gasteiger partial charge in [0.2, 0.25) is 0 Å². The molecule has 0 spiro atoms. The van der Waals surface area contributed by atoms with Crippen molar-refractivity contribution in [3.05, 3.63) is 11.8 Å². The lowest BCUT2D eigenvalue weighted by molar-refractivity contribution is 0.764. The van der Waals surface area contributed by atoms with Crippen molar-refractivity contribution in [2.75, 3.05) is 0 Å². The SMILES string of the molecule is C=C(CCCCC#C[Si](C)(C)C)[Si](C)(C)C. The van der Waals surface area contributed by atoms with Crippen molar-refractivity contribution in [2.24, 2.45) is 0 Å². The summed E-state index contributed by atoms with van der Waals surface area (Å²) in [6, 6.07) is 0. The van der Waals surface area contributed by atoms with Gasteiger partial charge in [-0.3, -0.25) is 0 Å². The number of rotatable bonds is 5. The molecule has 0 aliphatic rings. The molecule has 0 radical (unpaired) electrons. The first-order valence-corrected chi connectivity index (χ1v) is 13.3. The van der Waals surface area contributed by atoms with Gasteiger partial charge in [0.25, 0.3) is 0 Å². The van der Waals surface area contributed by atoms with Gasteiger partial charge >= 0.3 is 0 Å². The summed E-state index contributed by atoms with van der Waals surface area (Å²) in [6.45, 7) is 18.2. The highest BCUT2D eigenvalue weighted by Gasteiger charge is 2.16. The summed E-state index contributed by atoms with van der Waals surface area (Å²) in [7, 11) is -2.22. The van der Waals surface area contributed by atoms with Crippen molar-refractivity contribution in [2.45, 2.75) is 65.0 Å². The molecule has 0 amide bonds. The Morgan fingerprint density at radius 3 is 2.00 bits per heavy atom. The van der Waals surface area contributed by atoms with Crippen LogP contribution in [0.1, 0.15) is 25.7 Å². The van der Waals surface area contributed by atoms with E-state index in [0.717, 1.165) is 6.42 Å². The zero-order valence-electron chi connectivity index (χ0n) is 12.0. The van der Waals surface area contributed by atoms with Crippen LogP contribution >= 0.6 is 0 Å². The molecule has 0 aromatic carbocycles. The molecule has 0 saturated heterocycles. The number of hydrogen-bond acceptors (Lipinski definition) is 0. The van der Waals surface area contributed by atoms with Gasteiger partial charge in [-0.2, -0.15) is 0 Å². The molecule has 0 fully saturated rings. The van der Waals surface area contributed by atoms with Gasteiger partial charge in [0.15, 0.2) is 0 Å². The van der Waals surface area contributed by atoms with Crippen molar-refractivity contribution < 1.29 is 0 Å². The Balaban J connectivity index is 3.70. The maximum absolute atomic E-state index is 4.22. The molecule has 0 saturated carbocycles. The molecule has 0 aromatic heterocycles. The standard InChI is InChI=1S/C14H28Si2/c1-14(16(5,6)7)12-10-8-9-11-13-15(2,3)4/h1,8-10,12H2,2-7H3. The van der Waals surface area contributed by atoms with Crippen LogP contribution in [-0.4, -0.2) is 16.1 Å². The van der Waals surface area contributed by atoms with Crippen LogP contribution in [0.3, 0.4) is 0 Å². The number of allylic oxidation sites excluding steroid dienone is 1. The maximum Gasteiger partial charge on any atom is 0.129 e. The summed E-state index contributed by atoms with van der Waals surface area (Å²) in [5.74, 6) is 3.33. The predicted octanol–water partition coefficient (Wildman–Crippen LogP) is 4.86. The zero-order chi connectivity index (χ0) is 12.8. The minimum Gasteiger partial charge on any atom is -0.132 e. The average Bonchev–Trinajstić information content (AvgIpc) is 2.07. The third-order valence-electron chi connectivity index (χ3n) is 2.55. The monoisotopic (exact) mass is 252 g/mol. The van der Waals surface area contributed by atoms with Crippen LogP contribution in [0.2, 0.25) is 39.3 Å². The van der Waals surface area contributed by atoms with E-state index in [1.165, 1.54) is 24.5 Å². The van der Waals surface area contributed by atoms with E-state index in [1.807, 2.05) is 0 Å². The van der Waals surface area contributed by atoms with E-state index in [2.05, 4.69) is 57.3 Å². The van der Waals surface area contributed by atoms with Crippen LogP contribution < -0.4 is 0 Å². The Morgan fingerprint density at radius 2 is 1.56 bits per heavy atom. The summed E-state index contributed by atoms with van der Waals surface area (Å²) in [4.78, 5) is 0. The Labute approximate surface area is 105 Å². The van der Waals surface area contributed by atoms with Crippen molar-refractivity contribution >= 4 is 16.1 Å². The largest absolute Gasteiger partial charge is 0.132 e. The normalized spacial score (nSPS) is 11.9. The van der Waals surface area contributed by atoms with Crippen molar-refractivity contribution in [1.82, 2.24) is 0 Å². The quantitative estimate of drug-likeness (QED) is 0.372. The predicted molar refractivity (Wildman–Crippen MR) is 82.1 cm³/mol. The molecule has 0 unspecified atom stereocenters. The Hall–Kier alpha value is -0.266. The summed E-state index contributed by atoms with van der Waals surface area (Å²) >= 11 is 0. The lowest BCUT2D eigenvalue weighted by atomic mass is 10.2. The van der Waals surface area contributed by atoms with Crippen LogP contribution in [0.25, 0.3) is 0 Å². The molecule has 0 atom stereocenters. The second-order valence-corrected chi connectivity index (χ2v) is 16.6. The number of unbranched alkanes of at least 4 members (excludes halogenated alkanes) is 2. The third-order valence-corrected chi connectivity index (χ3v) is 5.85. The van der Waals surface area contributed by atoms with Gasteiger partial charge in [-0.15, -0.1) is 18.0 Å². The van der Waals surface area contributed by atoms with Gasteiger partial charge in [0.05, 0.1) is 8.07 Å². The Bertz CT molecular complexity index is 279. The van der Waals surface area contributed by atoms with E-state index in [-0.39, 0.29) is 0 Å². The fourth-order valence-electron chi connectivity index (χ4n) is 1.25. The summed E-state index contributed by atoms with van der Waals surface area (Å²) < 4.78 is 0. The van der Waals surface area contributed by atoms with Gasteiger partial charge in [-0.05, 0) is 19.3 Å². The zero-order valence-corrected chi connectivity index (χ0v) is 14.0. The fraction of sp³-hybridized carbons (Fsp3) is 0.714. The third kappa shape index (κ3) is 9.00.